The van der Waals surface area contributed by atoms with Gasteiger partial charge in [0.1, 0.15) is 34.9 Å². The lowest BCUT2D eigenvalue weighted by molar-refractivity contribution is -0.133. The molecule has 0 aliphatic carbocycles. The Morgan fingerprint density at radius 3 is 2.70 bits per heavy atom. The summed E-state index contributed by atoms with van der Waals surface area (Å²) in [6.07, 6.45) is -0.105. The number of aromatic nitrogens is 1. The van der Waals surface area contributed by atoms with Crippen LogP contribution in [0.3, 0.4) is 0 Å². The number of methoxy groups -OCH3 is 1. The van der Waals surface area contributed by atoms with E-state index in [1.807, 2.05) is 6.07 Å². The van der Waals surface area contributed by atoms with Crippen molar-refractivity contribution in [2.45, 2.75) is 45.4 Å². The highest BCUT2D eigenvalue weighted by atomic mass is 19.1. The topological polar surface area (TPSA) is 132 Å². The lowest BCUT2D eigenvalue weighted by atomic mass is 9.98. The largest absolute Gasteiger partial charge is 0.496 e. The summed E-state index contributed by atoms with van der Waals surface area (Å²) >= 11 is 0. The van der Waals surface area contributed by atoms with Crippen LogP contribution in [0.1, 0.15) is 39.4 Å². The maximum Gasteiger partial charge on any atom is 0.258 e. The smallest absolute Gasteiger partial charge is 0.258 e. The van der Waals surface area contributed by atoms with Crippen molar-refractivity contribution in [3.63, 3.8) is 0 Å². The molecule has 6 bridgehead atoms. The molecule has 2 aliphatic rings. The van der Waals surface area contributed by atoms with E-state index in [4.69, 9.17) is 18.7 Å². The van der Waals surface area contributed by atoms with Gasteiger partial charge in [-0.3, -0.25) is 14.4 Å². The molecule has 0 radical (unpaired) electrons. The quantitative estimate of drug-likeness (QED) is 0.341. The van der Waals surface area contributed by atoms with Crippen LogP contribution in [0.5, 0.6) is 17.2 Å². The molecule has 1 saturated heterocycles. The number of ether oxygens (including phenoxy) is 3. The standard InChI is InChI=1S/C35H35FN4O7/c1-20-28(21(2)47-39-20)16-34(42)40-10-9-32-30(18-40)38-35(43)24-7-8-31(44-3)29(14-24)23-5-4-6-26(13-23)45-19-33(41)37-17-22-11-25(36)15-27(12-22)46-32/h4-8,11-15,30,32H,9-10,16-19H2,1-3H3,(H,37,41)(H,38,43)/t30-,32-/m1/s1. The number of hydrogen-bond donors (Lipinski definition) is 2. The Hall–Kier alpha value is -5.39. The minimum atomic E-state index is -0.638. The summed E-state index contributed by atoms with van der Waals surface area (Å²) < 4.78 is 37.6. The number of carbonyl (C=O) groups excluding carboxylic acids is 3. The van der Waals surface area contributed by atoms with Crippen LogP contribution in [0.25, 0.3) is 11.1 Å². The molecule has 244 valence electrons. The zero-order chi connectivity index (χ0) is 33.1. The summed E-state index contributed by atoms with van der Waals surface area (Å²) in [5.41, 5.74) is 3.60. The first-order chi connectivity index (χ1) is 22.7. The lowest BCUT2D eigenvalue weighted by Crippen LogP contribution is -2.58. The minimum absolute atomic E-state index is 0.0498. The van der Waals surface area contributed by atoms with Crippen LogP contribution in [0.4, 0.5) is 4.39 Å². The Kier molecular flexibility index (Phi) is 9.10. The van der Waals surface area contributed by atoms with Crippen LogP contribution >= 0.6 is 0 Å². The van der Waals surface area contributed by atoms with Gasteiger partial charge in [-0.25, -0.2) is 4.39 Å². The van der Waals surface area contributed by atoms with Gasteiger partial charge in [-0.15, -0.1) is 0 Å². The molecular formula is C35H35FN4O7. The van der Waals surface area contributed by atoms with E-state index < -0.39 is 18.0 Å². The fourth-order valence-corrected chi connectivity index (χ4v) is 5.90. The number of fused-ring (bicyclic) bond motifs is 8. The van der Waals surface area contributed by atoms with Crippen LogP contribution in [-0.2, 0) is 22.6 Å². The van der Waals surface area contributed by atoms with Gasteiger partial charge in [-0.05, 0) is 67.4 Å². The molecule has 3 aromatic carbocycles. The Balaban J connectivity index is 1.34. The third-order valence-corrected chi connectivity index (χ3v) is 8.41. The third kappa shape index (κ3) is 7.21. The van der Waals surface area contributed by atoms with Crippen molar-refractivity contribution in [2.75, 3.05) is 26.8 Å². The monoisotopic (exact) mass is 642 g/mol. The summed E-state index contributed by atoms with van der Waals surface area (Å²) in [6, 6.07) is 15.8. The average molecular weight is 643 g/mol. The molecule has 1 aromatic heterocycles. The SMILES string of the molecule is COc1ccc2cc1-c1cccc(c1)OCC(=O)NCc1cc(F)cc(c1)O[C@@H]1CCN(C(=O)Cc3c(C)noc3C)C[C@H]1NC2=O. The van der Waals surface area contributed by atoms with Crippen LogP contribution in [0.15, 0.2) is 65.2 Å². The summed E-state index contributed by atoms with van der Waals surface area (Å²) in [5.74, 6) is 0.365. The van der Waals surface area contributed by atoms with Crippen LogP contribution in [0, 0.1) is 19.7 Å². The molecular weight excluding hydrogens is 607 g/mol. The highest BCUT2D eigenvalue weighted by Crippen LogP contribution is 2.33. The minimum Gasteiger partial charge on any atom is -0.496 e. The molecule has 0 spiro atoms. The molecule has 11 nitrogen and oxygen atoms in total. The van der Waals surface area contributed by atoms with E-state index in [1.165, 1.54) is 12.1 Å². The molecule has 12 heteroatoms. The van der Waals surface area contributed by atoms with E-state index >= 15 is 0 Å². The van der Waals surface area contributed by atoms with Gasteiger partial charge in [-0.2, -0.15) is 0 Å². The first-order valence-electron chi connectivity index (χ1n) is 15.3. The molecule has 2 atom stereocenters. The van der Waals surface area contributed by atoms with Crippen molar-refractivity contribution < 1.29 is 37.5 Å². The Bertz CT molecular complexity index is 1800. The number of benzene rings is 3. The maximum atomic E-state index is 14.7. The normalized spacial score (nSPS) is 18.3. The van der Waals surface area contributed by atoms with Crippen molar-refractivity contribution in [1.82, 2.24) is 20.7 Å². The predicted molar refractivity (Wildman–Crippen MR) is 169 cm³/mol. The van der Waals surface area contributed by atoms with E-state index in [2.05, 4.69) is 15.8 Å². The van der Waals surface area contributed by atoms with Crippen LogP contribution < -0.4 is 24.8 Å². The first-order valence-corrected chi connectivity index (χ1v) is 15.3. The number of amides is 3. The molecule has 0 saturated carbocycles. The number of hydrogen-bond acceptors (Lipinski definition) is 8. The number of aryl methyl sites for hydroxylation is 2. The van der Waals surface area contributed by atoms with Gasteiger partial charge < -0.3 is 34.3 Å². The van der Waals surface area contributed by atoms with Gasteiger partial charge in [-0.1, -0.05) is 17.3 Å². The molecule has 47 heavy (non-hydrogen) atoms. The van der Waals surface area contributed by atoms with Gasteiger partial charge in [0.15, 0.2) is 6.61 Å². The van der Waals surface area contributed by atoms with Crippen molar-refractivity contribution in [3.8, 4) is 28.4 Å². The van der Waals surface area contributed by atoms with Gasteiger partial charge >= 0.3 is 0 Å². The molecule has 3 amide bonds. The van der Waals surface area contributed by atoms with E-state index in [0.717, 1.165) is 5.56 Å². The van der Waals surface area contributed by atoms with Crippen molar-refractivity contribution >= 4 is 17.7 Å². The van der Waals surface area contributed by atoms with Crippen LogP contribution in [-0.4, -0.2) is 66.7 Å². The van der Waals surface area contributed by atoms with Gasteiger partial charge in [0.05, 0.1) is 25.3 Å². The molecule has 2 aliphatic heterocycles. The van der Waals surface area contributed by atoms with E-state index in [-0.39, 0.29) is 49.6 Å². The van der Waals surface area contributed by atoms with E-state index in [1.54, 1.807) is 68.3 Å². The summed E-state index contributed by atoms with van der Waals surface area (Å²) in [7, 11) is 1.54. The molecule has 1 fully saturated rings. The van der Waals surface area contributed by atoms with E-state index in [9.17, 15) is 18.8 Å². The van der Waals surface area contributed by atoms with Crippen molar-refractivity contribution in [2.24, 2.45) is 0 Å². The second kappa shape index (κ2) is 13.5. The lowest BCUT2D eigenvalue weighted by Gasteiger charge is -2.39. The number of piperidine rings is 1. The first kappa shape index (κ1) is 31.6. The zero-order valence-electron chi connectivity index (χ0n) is 26.3. The highest BCUT2D eigenvalue weighted by Gasteiger charge is 2.35. The second-order valence-corrected chi connectivity index (χ2v) is 11.6. The maximum absolute atomic E-state index is 14.7. The Morgan fingerprint density at radius 1 is 1.06 bits per heavy atom. The predicted octanol–water partition coefficient (Wildman–Crippen LogP) is 4.14. The van der Waals surface area contributed by atoms with Gasteiger partial charge in [0.25, 0.3) is 11.8 Å². The number of likely N-dealkylation sites (tertiary alicyclic amines) is 1. The second-order valence-electron chi connectivity index (χ2n) is 11.6. The molecule has 6 rings (SSSR count). The van der Waals surface area contributed by atoms with E-state index in [0.29, 0.717) is 58.2 Å². The number of carbonyl (C=O) groups is 3. The van der Waals surface area contributed by atoms with Gasteiger partial charge in [0.2, 0.25) is 5.91 Å². The number of rotatable bonds is 3. The van der Waals surface area contributed by atoms with Crippen molar-refractivity contribution in [3.05, 3.63) is 94.6 Å². The van der Waals surface area contributed by atoms with Gasteiger partial charge in [0, 0.05) is 48.8 Å². The molecule has 0 unspecified atom stereocenters. The highest BCUT2D eigenvalue weighted by molar-refractivity contribution is 5.96. The van der Waals surface area contributed by atoms with Crippen molar-refractivity contribution in [1.29, 1.82) is 0 Å². The number of nitrogens with zero attached hydrogens (tertiary/aromatic N) is 2. The van der Waals surface area contributed by atoms with Crippen LogP contribution in [0.2, 0.25) is 0 Å². The fourth-order valence-electron chi connectivity index (χ4n) is 5.90. The fraction of sp³-hybridized carbons (Fsp3) is 0.314. The average Bonchev–Trinajstić information content (AvgIpc) is 3.38. The third-order valence-electron chi connectivity index (χ3n) is 8.41. The molecule has 2 N–H and O–H groups in total. The zero-order valence-corrected chi connectivity index (χ0v) is 26.3. The molecule has 4 aromatic rings. The summed E-state index contributed by atoms with van der Waals surface area (Å²) in [4.78, 5) is 41.6. The Labute approximate surface area is 271 Å². The number of halogens is 1. The summed E-state index contributed by atoms with van der Waals surface area (Å²) in [5, 5.41) is 9.78. The molecule has 3 heterocycles. The number of nitrogens with one attached hydrogen (secondary N) is 2. The summed E-state index contributed by atoms with van der Waals surface area (Å²) in [6.45, 7) is 3.88. The Morgan fingerprint density at radius 2 is 1.91 bits per heavy atom.